The summed E-state index contributed by atoms with van der Waals surface area (Å²) in [6.45, 7) is 0. The molecule has 0 heterocycles. The Morgan fingerprint density at radius 1 is 1.14 bits per heavy atom. The van der Waals surface area contributed by atoms with Crippen LogP contribution in [0.25, 0.3) is 0 Å². The van der Waals surface area contributed by atoms with Gasteiger partial charge in [0.05, 0.1) is 11.6 Å². The minimum atomic E-state index is -0.643. The van der Waals surface area contributed by atoms with Crippen molar-refractivity contribution in [2.24, 2.45) is 11.8 Å². The predicted molar refractivity (Wildman–Crippen MR) is 79.7 cm³/mol. The Morgan fingerprint density at radius 2 is 1.81 bits per heavy atom. The van der Waals surface area contributed by atoms with Crippen LogP contribution in [0, 0.1) is 34.5 Å². The molecule has 0 saturated heterocycles. The molecular weight excluding hydrogens is 263 g/mol. The topological polar surface area (TPSA) is 47.6 Å². The van der Waals surface area contributed by atoms with Crippen molar-refractivity contribution in [3.05, 3.63) is 47.3 Å². The van der Waals surface area contributed by atoms with Gasteiger partial charge in [-0.15, -0.1) is 0 Å². The highest BCUT2D eigenvalue weighted by molar-refractivity contribution is 5.31. The van der Waals surface area contributed by atoms with Crippen LogP contribution in [0.1, 0.15) is 43.2 Å². The number of rotatable bonds is 4. The van der Waals surface area contributed by atoms with Gasteiger partial charge in [0.15, 0.2) is 5.83 Å². The zero-order valence-electron chi connectivity index (χ0n) is 12.1. The lowest BCUT2D eigenvalue weighted by atomic mass is 9.79. The molecule has 0 amide bonds. The molecular formula is C18H19FN2. The monoisotopic (exact) mass is 282 g/mol. The lowest BCUT2D eigenvalue weighted by Gasteiger charge is -2.26. The molecule has 3 heteroatoms. The molecule has 0 N–H and O–H groups in total. The number of benzene rings is 1. The van der Waals surface area contributed by atoms with Gasteiger partial charge in [0.1, 0.15) is 6.07 Å². The molecule has 0 bridgehead atoms. The molecule has 0 radical (unpaired) electrons. The van der Waals surface area contributed by atoms with E-state index in [0.717, 1.165) is 38.5 Å². The summed E-state index contributed by atoms with van der Waals surface area (Å²) in [5, 5.41) is 17.2. The Morgan fingerprint density at radius 3 is 2.38 bits per heavy atom. The van der Waals surface area contributed by atoms with Gasteiger partial charge in [0.25, 0.3) is 0 Å². The van der Waals surface area contributed by atoms with Gasteiger partial charge in [-0.2, -0.15) is 14.9 Å². The first-order valence-electron chi connectivity index (χ1n) is 7.47. The second kappa shape index (κ2) is 7.60. The van der Waals surface area contributed by atoms with Crippen molar-refractivity contribution in [1.29, 1.82) is 10.5 Å². The van der Waals surface area contributed by atoms with Crippen LogP contribution in [0.2, 0.25) is 0 Å². The van der Waals surface area contributed by atoms with Crippen LogP contribution in [-0.2, 0) is 6.42 Å². The minimum Gasteiger partial charge on any atom is -0.195 e. The lowest BCUT2D eigenvalue weighted by Crippen LogP contribution is -2.14. The van der Waals surface area contributed by atoms with E-state index in [0.29, 0.717) is 11.5 Å². The van der Waals surface area contributed by atoms with Gasteiger partial charge in [0, 0.05) is 0 Å². The maximum Gasteiger partial charge on any atom is 0.196 e. The van der Waals surface area contributed by atoms with Crippen LogP contribution >= 0.6 is 0 Å². The number of hydrogen-bond acceptors (Lipinski definition) is 2. The van der Waals surface area contributed by atoms with Gasteiger partial charge in [-0.25, -0.2) is 0 Å². The largest absolute Gasteiger partial charge is 0.196 e. The molecule has 1 fully saturated rings. The maximum absolute atomic E-state index is 12.9. The lowest BCUT2D eigenvalue weighted by molar-refractivity contribution is 0.294. The van der Waals surface area contributed by atoms with Crippen molar-refractivity contribution in [2.75, 3.05) is 0 Å². The summed E-state index contributed by atoms with van der Waals surface area (Å²) in [7, 11) is 0. The minimum absolute atomic E-state index is 0.232. The first-order chi connectivity index (χ1) is 10.2. The molecule has 0 unspecified atom stereocenters. The average molecular weight is 282 g/mol. The number of allylic oxidation sites excluding steroid dienone is 2. The van der Waals surface area contributed by atoms with E-state index in [2.05, 4.69) is 6.07 Å². The van der Waals surface area contributed by atoms with Crippen LogP contribution in [0.15, 0.2) is 36.2 Å². The molecule has 108 valence electrons. The molecule has 1 aliphatic carbocycles. The van der Waals surface area contributed by atoms with Gasteiger partial charge in [-0.05, 0) is 74.1 Å². The molecule has 21 heavy (non-hydrogen) atoms. The van der Waals surface area contributed by atoms with Gasteiger partial charge < -0.3 is 0 Å². The molecule has 1 aliphatic rings. The first-order valence-corrected chi connectivity index (χ1v) is 7.47. The summed E-state index contributed by atoms with van der Waals surface area (Å²) in [6, 6.07) is 11.4. The summed E-state index contributed by atoms with van der Waals surface area (Å²) in [5.41, 5.74) is 1.97. The molecule has 1 saturated carbocycles. The standard InChI is InChI=1S/C18H19FN2/c19-18(13-21)11-16-7-3-14(4-8-16)1-2-15-5-9-17(12-20)10-6-15/h5-6,9-11,14,16H,1-4,7-8H2/t14-,16-. The predicted octanol–water partition coefficient (Wildman–Crippen LogP) is 4.67. The zero-order valence-corrected chi connectivity index (χ0v) is 12.1. The zero-order chi connectivity index (χ0) is 15.1. The van der Waals surface area contributed by atoms with Crippen LogP contribution in [0.5, 0.6) is 0 Å². The molecule has 0 spiro atoms. The Labute approximate surface area is 125 Å². The Kier molecular flexibility index (Phi) is 5.52. The van der Waals surface area contributed by atoms with Gasteiger partial charge in [-0.3, -0.25) is 0 Å². The summed E-state index contributed by atoms with van der Waals surface area (Å²) >= 11 is 0. The normalized spacial score (nSPS) is 22.3. The van der Waals surface area contributed by atoms with Crippen molar-refractivity contribution < 1.29 is 4.39 Å². The summed E-state index contributed by atoms with van der Waals surface area (Å²) in [5.74, 6) is 0.280. The third kappa shape index (κ3) is 4.72. The third-order valence-electron chi connectivity index (χ3n) is 4.30. The highest BCUT2D eigenvalue weighted by Gasteiger charge is 2.20. The van der Waals surface area contributed by atoms with Crippen molar-refractivity contribution in [3.8, 4) is 12.1 Å². The molecule has 0 atom stereocenters. The van der Waals surface area contributed by atoms with Crippen molar-refractivity contribution in [1.82, 2.24) is 0 Å². The van der Waals surface area contributed by atoms with E-state index in [1.54, 1.807) is 6.07 Å². The van der Waals surface area contributed by atoms with Gasteiger partial charge >= 0.3 is 0 Å². The fraction of sp³-hybridized carbons (Fsp3) is 0.444. The van der Waals surface area contributed by atoms with E-state index in [1.807, 2.05) is 24.3 Å². The fourth-order valence-corrected chi connectivity index (χ4v) is 3.00. The van der Waals surface area contributed by atoms with E-state index < -0.39 is 5.83 Å². The van der Waals surface area contributed by atoms with Crippen LogP contribution < -0.4 is 0 Å². The molecule has 0 aromatic heterocycles. The SMILES string of the molecule is N#CC(F)=C[C@H]1CC[C@H](CCc2ccc(C#N)cc2)CC1. The maximum atomic E-state index is 12.9. The van der Waals surface area contributed by atoms with Crippen LogP contribution in [0.3, 0.4) is 0 Å². The quantitative estimate of drug-likeness (QED) is 0.753. The molecule has 2 nitrogen and oxygen atoms in total. The van der Waals surface area contributed by atoms with Crippen LogP contribution in [0.4, 0.5) is 4.39 Å². The van der Waals surface area contributed by atoms with Crippen LogP contribution in [-0.4, -0.2) is 0 Å². The van der Waals surface area contributed by atoms with Crippen molar-refractivity contribution in [3.63, 3.8) is 0 Å². The molecule has 0 aliphatic heterocycles. The second-order valence-electron chi connectivity index (χ2n) is 5.75. The van der Waals surface area contributed by atoms with E-state index in [4.69, 9.17) is 10.5 Å². The summed E-state index contributed by atoms with van der Waals surface area (Å²) in [6.07, 6.45) is 7.83. The average Bonchev–Trinajstić information content (AvgIpc) is 2.54. The first kappa shape index (κ1) is 15.3. The van der Waals surface area contributed by atoms with E-state index >= 15 is 0 Å². The fourth-order valence-electron chi connectivity index (χ4n) is 3.00. The third-order valence-corrected chi connectivity index (χ3v) is 4.30. The number of aryl methyl sites for hydroxylation is 1. The Balaban J connectivity index is 1.76. The summed E-state index contributed by atoms with van der Waals surface area (Å²) < 4.78 is 12.9. The Hall–Kier alpha value is -2.13. The highest BCUT2D eigenvalue weighted by Crippen LogP contribution is 2.32. The molecule has 2 rings (SSSR count). The van der Waals surface area contributed by atoms with Crippen molar-refractivity contribution in [2.45, 2.75) is 38.5 Å². The van der Waals surface area contributed by atoms with E-state index in [1.165, 1.54) is 11.6 Å². The van der Waals surface area contributed by atoms with Gasteiger partial charge in [-0.1, -0.05) is 12.1 Å². The molecule has 1 aromatic rings. The van der Waals surface area contributed by atoms with Gasteiger partial charge in [0.2, 0.25) is 0 Å². The van der Waals surface area contributed by atoms with Crippen molar-refractivity contribution >= 4 is 0 Å². The summed E-state index contributed by atoms with van der Waals surface area (Å²) in [4.78, 5) is 0. The number of hydrogen-bond donors (Lipinski definition) is 0. The number of halogens is 1. The van der Waals surface area contributed by atoms with E-state index in [9.17, 15) is 4.39 Å². The number of nitriles is 2. The smallest absolute Gasteiger partial charge is 0.195 e. The molecule has 1 aromatic carbocycles. The number of nitrogens with zero attached hydrogens (tertiary/aromatic N) is 2. The second-order valence-corrected chi connectivity index (χ2v) is 5.75. The van der Waals surface area contributed by atoms with E-state index in [-0.39, 0.29) is 5.92 Å². The Bertz CT molecular complexity index is 567. The highest BCUT2D eigenvalue weighted by atomic mass is 19.1.